The minimum atomic E-state index is -5.08. The lowest BCUT2D eigenvalue weighted by Crippen LogP contribution is -2.37. The third-order valence-electron chi connectivity index (χ3n) is 1.55. The number of carbonyl (C=O) groups is 2. The summed E-state index contributed by atoms with van der Waals surface area (Å²) in [4.78, 5) is 20.1. The van der Waals surface area contributed by atoms with Crippen LogP contribution in [0.4, 0.5) is 13.2 Å². The van der Waals surface area contributed by atoms with Crippen molar-refractivity contribution in [2.75, 3.05) is 0 Å². The summed E-state index contributed by atoms with van der Waals surface area (Å²) >= 11 is 0. The van der Waals surface area contributed by atoms with E-state index >= 15 is 0 Å². The van der Waals surface area contributed by atoms with Gasteiger partial charge < -0.3 is 15.6 Å². The van der Waals surface area contributed by atoms with Gasteiger partial charge in [0.15, 0.2) is 0 Å². The summed E-state index contributed by atoms with van der Waals surface area (Å²) in [5.74, 6) is -3.06. The fourth-order valence-electron chi connectivity index (χ4n) is 0.806. The highest BCUT2D eigenvalue weighted by Crippen LogP contribution is 2.13. The molecule has 0 saturated heterocycles. The Morgan fingerprint density at radius 1 is 1.26 bits per heavy atom. The molecule has 0 radical (unpaired) electrons. The van der Waals surface area contributed by atoms with Crippen molar-refractivity contribution in [3.63, 3.8) is 0 Å². The van der Waals surface area contributed by atoms with Crippen LogP contribution in [0, 0.1) is 0 Å². The maximum absolute atomic E-state index is 11.2. The van der Waals surface area contributed by atoms with Crippen molar-refractivity contribution in [3.05, 3.63) is 0 Å². The molecular formula is C11H20F3NO4. The molecule has 5 nitrogen and oxygen atoms in total. The minimum absolute atomic E-state index is 0.302. The van der Waals surface area contributed by atoms with Crippen LogP contribution in [0.3, 0.4) is 0 Å². The fraction of sp³-hybridized carbons (Fsp3) is 0.818. The summed E-state index contributed by atoms with van der Waals surface area (Å²) in [5.41, 5.74) is 5.13. The molecule has 0 aromatic carbocycles. The molecule has 0 aromatic rings. The number of hydrogen-bond donors (Lipinski definition) is 2. The third kappa shape index (κ3) is 12.9. The first-order valence-corrected chi connectivity index (χ1v) is 5.59. The number of alkyl halides is 3. The highest BCUT2D eigenvalue weighted by molar-refractivity contribution is 5.75. The quantitative estimate of drug-likeness (QED) is 0.776. The van der Waals surface area contributed by atoms with E-state index in [0.29, 0.717) is 6.42 Å². The molecule has 0 aliphatic heterocycles. The minimum Gasteiger partial charge on any atom is -0.475 e. The molecule has 19 heavy (non-hydrogen) atoms. The van der Waals surface area contributed by atoms with E-state index in [0.717, 1.165) is 6.42 Å². The molecule has 0 rings (SSSR count). The van der Waals surface area contributed by atoms with Crippen molar-refractivity contribution in [1.29, 1.82) is 0 Å². The van der Waals surface area contributed by atoms with E-state index in [1.54, 1.807) is 0 Å². The molecule has 0 amide bonds. The SMILES string of the molecule is CCCC(N)C(=O)OC(C)(C)C.O=C(O)C(F)(F)F. The van der Waals surface area contributed by atoms with Crippen LogP contribution in [-0.2, 0) is 14.3 Å². The number of halogens is 3. The molecule has 0 fully saturated rings. The van der Waals surface area contributed by atoms with Crippen LogP contribution in [0.2, 0.25) is 0 Å². The van der Waals surface area contributed by atoms with Crippen LogP contribution in [-0.4, -0.2) is 34.9 Å². The molecule has 0 bridgehead atoms. The first-order valence-electron chi connectivity index (χ1n) is 5.59. The van der Waals surface area contributed by atoms with Gasteiger partial charge in [-0.25, -0.2) is 4.79 Å². The second-order valence-corrected chi connectivity index (χ2v) is 4.73. The van der Waals surface area contributed by atoms with Gasteiger partial charge in [0.1, 0.15) is 11.6 Å². The maximum Gasteiger partial charge on any atom is 0.490 e. The summed E-state index contributed by atoms with van der Waals surface area (Å²) < 4.78 is 36.8. The Morgan fingerprint density at radius 3 is 1.84 bits per heavy atom. The van der Waals surface area contributed by atoms with E-state index < -0.39 is 23.8 Å². The summed E-state index contributed by atoms with van der Waals surface area (Å²) in [6.45, 7) is 7.50. The predicted molar refractivity (Wildman–Crippen MR) is 62.4 cm³/mol. The molecule has 0 heterocycles. The van der Waals surface area contributed by atoms with Crippen LogP contribution >= 0.6 is 0 Å². The zero-order chi connectivity index (χ0) is 15.9. The molecule has 0 saturated carbocycles. The first kappa shape index (κ1) is 20.0. The van der Waals surface area contributed by atoms with Gasteiger partial charge >= 0.3 is 18.1 Å². The van der Waals surface area contributed by atoms with Gasteiger partial charge in [0.2, 0.25) is 0 Å². The van der Waals surface area contributed by atoms with Gasteiger partial charge in [-0.15, -0.1) is 0 Å². The van der Waals surface area contributed by atoms with E-state index in [1.807, 2.05) is 27.7 Å². The van der Waals surface area contributed by atoms with E-state index in [4.69, 9.17) is 20.4 Å². The Hall–Kier alpha value is -1.31. The van der Waals surface area contributed by atoms with Crippen molar-refractivity contribution in [3.8, 4) is 0 Å². The number of carboxylic acids is 1. The monoisotopic (exact) mass is 287 g/mol. The summed E-state index contributed by atoms with van der Waals surface area (Å²) in [6, 6.07) is -0.464. The molecule has 0 aliphatic rings. The van der Waals surface area contributed by atoms with Gasteiger partial charge in [-0.3, -0.25) is 4.79 Å². The molecule has 3 N–H and O–H groups in total. The van der Waals surface area contributed by atoms with Crippen molar-refractivity contribution < 1.29 is 32.6 Å². The van der Waals surface area contributed by atoms with Crippen LogP contribution in [0.5, 0.6) is 0 Å². The second kappa shape index (κ2) is 7.98. The topological polar surface area (TPSA) is 89.6 Å². The van der Waals surface area contributed by atoms with Crippen molar-refractivity contribution >= 4 is 11.9 Å². The zero-order valence-corrected chi connectivity index (χ0v) is 11.4. The number of aliphatic carboxylic acids is 1. The fourth-order valence-corrected chi connectivity index (χ4v) is 0.806. The molecule has 1 unspecified atom stereocenters. The third-order valence-corrected chi connectivity index (χ3v) is 1.55. The van der Waals surface area contributed by atoms with Crippen LogP contribution in [0.25, 0.3) is 0 Å². The van der Waals surface area contributed by atoms with Crippen molar-refractivity contribution in [1.82, 2.24) is 0 Å². The van der Waals surface area contributed by atoms with E-state index in [-0.39, 0.29) is 5.97 Å². The number of esters is 1. The van der Waals surface area contributed by atoms with Crippen molar-refractivity contribution in [2.24, 2.45) is 5.73 Å². The number of rotatable bonds is 3. The molecule has 8 heteroatoms. The Morgan fingerprint density at radius 2 is 1.63 bits per heavy atom. The molecule has 114 valence electrons. The predicted octanol–water partition coefficient (Wildman–Crippen LogP) is 2.09. The Balaban J connectivity index is 0. The first-order chi connectivity index (χ1) is 8.31. The second-order valence-electron chi connectivity index (χ2n) is 4.73. The standard InChI is InChI=1S/C9H19NO2.C2HF3O2/c1-5-6-7(10)8(11)12-9(2,3)4;3-2(4,5)1(6)7/h7H,5-6,10H2,1-4H3;(H,6,7). The maximum atomic E-state index is 11.2. The van der Waals surface area contributed by atoms with Gasteiger partial charge in [-0.2, -0.15) is 13.2 Å². The average molecular weight is 287 g/mol. The molecule has 0 aromatic heterocycles. The van der Waals surface area contributed by atoms with E-state index in [1.165, 1.54) is 0 Å². The lowest BCUT2D eigenvalue weighted by Gasteiger charge is -2.21. The van der Waals surface area contributed by atoms with E-state index in [9.17, 15) is 18.0 Å². The Kier molecular flexibility index (Phi) is 8.41. The summed E-state index contributed by atoms with van der Waals surface area (Å²) in [7, 11) is 0. The van der Waals surface area contributed by atoms with Gasteiger partial charge in [0.05, 0.1) is 0 Å². The number of ether oxygens (including phenoxy) is 1. The van der Waals surface area contributed by atoms with E-state index in [2.05, 4.69) is 0 Å². The van der Waals surface area contributed by atoms with Gasteiger partial charge in [-0.05, 0) is 27.2 Å². The highest BCUT2D eigenvalue weighted by Gasteiger charge is 2.38. The highest BCUT2D eigenvalue weighted by atomic mass is 19.4. The van der Waals surface area contributed by atoms with Crippen molar-refractivity contribution in [2.45, 2.75) is 58.4 Å². The molecule has 0 spiro atoms. The van der Waals surface area contributed by atoms with Gasteiger partial charge in [-0.1, -0.05) is 13.3 Å². The smallest absolute Gasteiger partial charge is 0.475 e. The number of hydrogen-bond acceptors (Lipinski definition) is 4. The summed E-state index contributed by atoms with van der Waals surface area (Å²) in [6.07, 6.45) is -3.49. The number of carbonyl (C=O) groups excluding carboxylic acids is 1. The van der Waals surface area contributed by atoms with Gasteiger partial charge in [0, 0.05) is 0 Å². The average Bonchev–Trinajstić information content (AvgIpc) is 2.14. The van der Waals surface area contributed by atoms with Crippen LogP contribution in [0.15, 0.2) is 0 Å². The lowest BCUT2D eigenvalue weighted by atomic mass is 10.1. The molecule has 0 aliphatic carbocycles. The molecule has 1 atom stereocenters. The molecular weight excluding hydrogens is 267 g/mol. The van der Waals surface area contributed by atoms with Crippen LogP contribution in [0.1, 0.15) is 40.5 Å². The van der Waals surface area contributed by atoms with Gasteiger partial charge in [0.25, 0.3) is 0 Å². The largest absolute Gasteiger partial charge is 0.490 e. The number of nitrogens with two attached hydrogens (primary N) is 1. The Labute approximate surface area is 109 Å². The normalized spacial score (nSPS) is 13.1. The zero-order valence-electron chi connectivity index (χ0n) is 11.4. The summed E-state index contributed by atoms with van der Waals surface area (Å²) in [5, 5.41) is 7.12. The van der Waals surface area contributed by atoms with Crippen LogP contribution < -0.4 is 5.73 Å². The lowest BCUT2D eigenvalue weighted by molar-refractivity contribution is -0.192. The number of carboxylic acid groups (broad SMARTS) is 1. The Bertz CT molecular complexity index is 297.